The average molecular weight is 643 g/mol. The van der Waals surface area contributed by atoms with Gasteiger partial charge in [-0.1, -0.05) is 24.3 Å². The second-order valence-corrected chi connectivity index (χ2v) is 13.9. The molecule has 0 radical (unpaired) electrons. The van der Waals surface area contributed by atoms with E-state index >= 15 is 4.39 Å². The van der Waals surface area contributed by atoms with Crippen molar-refractivity contribution in [2.75, 3.05) is 24.6 Å². The fraction of sp³-hybridized carbons (Fsp3) is 0.432. The van der Waals surface area contributed by atoms with Gasteiger partial charge in [-0.15, -0.1) is 0 Å². The standard InChI is InChI=1S/C37H43FN4O5/c1-22-18-27-25-11-8-12-26(20-25)29-21-30-39-24(3)31(33(35(43)44)47-36(4,5)6)34(42(30)40-29)41-15-13-37(7,14-16-41)45-17-9-10-23(2)46-32(27)28(38)19-22/h8-12,18-21,23,33H,13-17H2,1-7H3,(H,43,44)/b10-9+/t23-,33-/m0/s1. The number of carbonyl (C=O) groups is 1. The van der Waals surface area contributed by atoms with Crippen molar-refractivity contribution in [1.29, 1.82) is 0 Å². The molecule has 47 heavy (non-hydrogen) atoms. The monoisotopic (exact) mass is 642 g/mol. The fourth-order valence-corrected chi connectivity index (χ4v) is 6.42. The number of piperidine rings is 1. The summed E-state index contributed by atoms with van der Waals surface area (Å²) < 4.78 is 35.9. The number of aliphatic carboxylic acids is 1. The molecule has 4 aromatic rings. The first-order valence-electron chi connectivity index (χ1n) is 16.2. The van der Waals surface area contributed by atoms with Crippen LogP contribution in [0.1, 0.15) is 70.4 Å². The van der Waals surface area contributed by atoms with Gasteiger partial charge in [-0.25, -0.2) is 14.2 Å². The molecule has 2 atom stereocenters. The molecule has 0 saturated carbocycles. The van der Waals surface area contributed by atoms with Crippen molar-refractivity contribution in [1.82, 2.24) is 14.6 Å². The molecule has 2 aromatic heterocycles. The van der Waals surface area contributed by atoms with Crippen LogP contribution in [0.5, 0.6) is 5.75 Å². The summed E-state index contributed by atoms with van der Waals surface area (Å²) in [5.74, 6) is -0.691. The second-order valence-electron chi connectivity index (χ2n) is 13.9. The topological polar surface area (TPSA) is 98.4 Å². The average Bonchev–Trinajstić information content (AvgIpc) is 3.42. The number of benzene rings is 2. The summed E-state index contributed by atoms with van der Waals surface area (Å²) in [7, 11) is 0. The van der Waals surface area contributed by atoms with Crippen molar-refractivity contribution in [3.05, 3.63) is 77.3 Å². The summed E-state index contributed by atoms with van der Waals surface area (Å²) in [6.45, 7) is 14.8. The largest absolute Gasteiger partial charge is 0.483 e. The molecule has 3 aliphatic heterocycles. The minimum Gasteiger partial charge on any atom is -0.483 e. The van der Waals surface area contributed by atoms with Gasteiger partial charge in [-0.2, -0.15) is 9.61 Å². The van der Waals surface area contributed by atoms with Crippen molar-refractivity contribution in [2.45, 2.75) is 84.7 Å². The van der Waals surface area contributed by atoms with Crippen molar-refractivity contribution in [2.24, 2.45) is 0 Å². The third-order valence-corrected chi connectivity index (χ3v) is 8.78. The molecule has 248 valence electrons. The molecule has 0 spiro atoms. The molecule has 7 rings (SSSR count). The second kappa shape index (κ2) is 12.4. The molecule has 2 aromatic carbocycles. The van der Waals surface area contributed by atoms with Gasteiger partial charge < -0.3 is 24.2 Å². The number of aryl methyl sites for hydroxylation is 2. The van der Waals surface area contributed by atoms with Gasteiger partial charge >= 0.3 is 5.97 Å². The zero-order valence-corrected chi connectivity index (χ0v) is 28.1. The number of hydrogen-bond donors (Lipinski definition) is 1. The predicted molar refractivity (Wildman–Crippen MR) is 180 cm³/mol. The van der Waals surface area contributed by atoms with E-state index in [4.69, 9.17) is 24.3 Å². The number of fused-ring (bicyclic) bond motifs is 6. The molecule has 5 heterocycles. The Labute approximate surface area is 275 Å². The maximum atomic E-state index is 15.5. The van der Waals surface area contributed by atoms with Gasteiger partial charge in [0.15, 0.2) is 23.3 Å². The first-order valence-corrected chi connectivity index (χ1v) is 16.2. The van der Waals surface area contributed by atoms with E-state index in [9.17, 15) is 9.90 Å². The maximum absolute atomic E-state index is 15.5. The number of anilines is 1. The highest BCUT2D eigenvalue weighted by atomic mass is 19.1. The van der Waals surface area contributed by atoms with E-state index in [-0.39, 0.29) is 5.75 Å². The number of rotatable bonds is 3. The van der Waals surface area contributed by atoms with Gasteiger partial charge in [0.1, 0.15) is 11.9 Å². The summed E-state index contributed by atoms with van der Waals surface area (Å²) in [5.41, 5.74) is 4.15. The van der Waals surface area contributed by atoms with Crippen LogP contribution < -0.4 is 9.64 Å². The Morgan fingerprint density at radius 2 is 1.85 bits per heavy atom. The zero-order valence-electron chi connectivity index (χ0n) is 28.1. The van der Waals surface area contributed by atoms with Crippen LogP contribution in [0.25, 0.3) is 28.0 Å². The quantitative estimate of drug-likeness (QED) is 0.230. The number of carboxylic acids is 1. The summed E-state index contributed by atoms with van der Waals surface area (Å²) in [4.78, 5) is 19.8. The molecule has 1 N–H and O–H groups in total. The molecular formula is C37H43FN4O5. The summed E-state index contributed by atoms with van der Waals surface area (Å²) in [6.07, 6.45) is 3.58. The van der Waals surface area contributed by atoms with Gasteiger partial charge in [0.2, 0.25) is 0 Å². The Hall–Kier alpha value is -4.28. The maximum Gasteiger partial charge on any atom is 0.337 e. The Kier molecular flexibility index (Phi) is 8.61. The lowest BCUT2D eigenvalue weighted by Crippen LogP contribution is -2.45. The number of hydrogen-bond acceptors (Lipinski definition) is 7. The lowest BCUT2D eigenvalue weighted by atomic mass is 9.92. The summed E-state index contributed by atoms with van der Waals surface area (Å²) in [6, 6.07) is 13.1. The molecule has 0 unspecified atom stereocenters. The molecular weight excluding hydrogens is 599 g/mol. The van der Waals surface area contributed by atoms with E-state index in [2.05, 4.69) is 11.8 Å². The third-order valence-electron chi connectivity index (χ3n) is 8.78. The van der Waals surface area contributed by atoms with Crippen molar-refractivity contribution in [3.63, 3.8) is 0 Å². The van der Waals surface area contributed by atoms with Crippen molar-refractivity contribution >= 4 is 17.4 Å². The van der Waals surface area contributed by atoms with Crippen LogP contribution in [-0.4, -0.2) is 62.7 Å². The SMILES string of the molecule is Cc1cc(F)c2c(c1)-c1cccc(c1)-c1cc3nc(C)c([C@H](OC(C)(C)C)C(=O)O)c(n3n1)N1CCC(C)(CC1)OC/C=C/[C@H](C)O2. The number of halogens is 1. The highest BCUT2D eigenvalue weighted by Crippen LogP contribution is 2.40. The van der Waals surface area contributed by atoms with Crippen LogP contribution in [0.2, 0.25) is 0 Å². The number of carboxylic acid groups (broad SMARTS) is 1. The minimum absolute atomic E-state index is 0.180. The molecule has 0 amide bonds. The predicted octanol–water partition coefficient (Wildman–Crippen LogP) is 7.47. The summed E-state index contributed by atoms with van der Waals surface area (Å²) >= 11 is 0. The minimum atomic E-state index is -1.26. The normalized spacial score (nSPS) is 21.4. The van der Waals surface area contributed by atoms with Gasteiger partial charge in [0.25, 0.3) is 0 Å². The van der Waals surface area contributed by atoms with Crippen molar-refractivity contribution in [3.8, 4) is 28.1 Å². The van der Waals surface area contributed by atoms with Crippen molar-refractivity contribution < 1.29 is 28.5 Å². The van der Waals surface area contributed by atoms with Gasteiger partial charge in [0.05, 0.1) is 29.1 Å². The molecule has 1 saturated heterocycles. The Balaban J connectivity index is 1.58. The van der Waals surface area contributed by atoms with Gasteiger partial charge in [0, 0.05) is 36.0 Å². The van der Waals surface area contributed by atoms with E-state index in [0.717, 1.165) is 16.7 Å². The molecule has 9 nitrogen and oxygen atoms in total. The van der Waals surface area contributed by atoms with Gasteiger partial charge in [-0.3, -0.25) is 0 Å². The van der Waals surface area contributed by atoms with Crippen LogP contribution in [0.15, 0.2) is 54.6 Å². The smallest absolute Gasteiger partial charge is 0.337 e. The first-order chi connectivity index (χ1) is 22.2. The lowest BCUT2D eigenvalue weighted by Gasteiger charge is -2.41. The molecule has 1 fully saturated rings. The van der Waals surface area contributed by atoms with Crippen LogP contribution in [0, 0.1) is 19.7 Å². The third kappa shape index (κ3) is 6.75. The van der Waals surface area contributed by atoms with E-state index in [0.29, 0.717) is 66.5 Å². The van der Waals surface area contributed by atoms with Crippen LogP contribution in [0.3, 0.4) is 0 Å². The van der Waals surface area contributed by atoms with Gasteiger partial charge in [-0.05, 0) is 96.7 Å². The Morgan fingerprint density at radius 3 is 2.55 bits per heavy atom. The molecule has 6 bridgehead atoms. The summed E-state index contributed by atoms with van der Waals surface area (Å²) in [5, 5.41) is 15.5. The number of nitrogens with zero attached hydrogens (tertiary/aromatic N) is 4. The zero-order chi connectivity index (χ0) is 33.7. The number of ether oxygens (including phenoxy) is 3. The molecule has 10 heteroatoms. The number of aromatic nitrogens is 3. The molecule has 0 aliphatic carbocycles. The highest BCUT2D eigenvalue weighted by molar-refractivity contribution is 5.80. The fourth-order valence-electron chi connectivity index (χ4n) is 6.42. The van der Waals surface area contributed by atoms with E-state index in [1.807, 2.05) is 90.1 Å². The lowest BCUT2D eigenvalue weighted by molar-refractivity contribution is -0.160. The Bertz CT molecular complexity index is 1850. The van der Waals surface area contributed by atoms with E-state index in [1.165, 1.54) is 6.07 Å². The highest BCUT2D eigenvalue weighted by Gasteiger charge is 2.38. The van der Waals surface area contributed by atoms with Crippen LogP contribution in [-0.2, 0) is 14.3 Å². The van der Waals surface area contributed by atoms with E-state index in [1.54, 1.807) is 4.52 Å². The van der Waals surface area contributed by atoms with Crippen LogP contribution >= 0.6 is 0 Å². The Morgan fingerprint density at radius 1 is 1.13 bits per heavy atom. The van der Waals surface area contributed by atoms with E-state index < -0.39 is 35.2 Å². The molecule has 3 aliphatic rings. The van der Waals surface area contributed by atoms with Crippen LogP contribution in [0.4, 0.5) is 10.2 Å². The first kappa shape index (κ1) is 32.7.